The van der Waals surface area contributed by atoms with Crippen LogP contribution >= 0.6 is 11.3 Å². The number of aromatic nitrogens is 1. The Balaban J connectivity index is 1.73. The summed E-state index contributed by atoms with van der Waals surface area (Å²) < 4.78 is 5.34. The molecule has 0 radical (unpaired) electrons. The number of thiazole rings is 1. The Bertz CT molecular complexity index is 456. The van der Waals surface area contributed by atoms with Crippen LogP contribution in [0.2, 0.25) is 0 Å². The number of hydrogen-bond acceptors (Lipinski definition) is 5. The number of nitrogens with one attached hydrogen (secondary N) is 1. The summed E-state index contributed by atoms with van der Waals surface area (Å²) in [6, 6.07) is 0.347. The third-order valence-electron chi connectivity index (χ3n) is 3.67. The number of amides is 1. The van der Waals surface area contributed by atoms with Crippen LogP contribution in [0.3, 0.4) is 0 Å². The van der Waals surface area contributed by atoms with Crippen LogP contribution in [-0.4, -0.2) is 54.7 Å². The van der Waals surface area contributed by atoms with Crippen LogP contribution in [0.1, 0.15) is 37.4 Å². The quantitative estimate of drug-likeness (QED) is 0.868. The number of nitrogens with zero attached hydrogens (tertiary/aromatic N) is 2. The highest BCUT2D eigenvalue weighted by molar-refractivity contribution is 7.09. The van der Waals surface area contributed by atoms with Gasteiger partial charge in [0.25, 0.3) is 0 Å². The molecule has 2 rings (SSSR count). The van der Waals surface area contributed by atoms with Crippen molar-refractivity contribution in [2.45, 2.75) is 39.2 Å². The molecule has 1 aromatic heterocycles. The molecule has 2 heterocycles. The molecule has 5 nitrogen and oxygen atoms in total. The molecule has 0 aliphatic carbocycles. The summed E-state index contributed by atoms with van der Waals surface area (Å²) in [6.45, 7) is 10.5. The van der Waals surface area contributed by atoms with E-state index in [0.717, 1.165) is 37.0 Å². The minimum absolute atomic E-state index is 0.0516. The van der Waals surface area contributed by atoms with Crippen LogP contribution < -0.4 is 5.32 Å². The lowest BCUT2D eigenvalue weighted by atomic mass is 10.2. The van der Waals surface area contributed by atoms with Crippen molar-refractivity contribution in [3.8, 4) is 0 Å². The van der Waals surface area contributed by atoms with Crippen LogP contribution in [0.4, 0.5) is 0 Å². The first-order valence-corrected chi connectivity index (χ1v) is 8.47. The molecule has 0 saturated carbocycles. The van der Waals surface area contributed by atoms with Gasteiger partial charge in [-0.15, -0.1) is 11.3 Å². The number of rotatable bonds is 6. The van der Waals surface area contributed by atoms with Crippen molar-refractivity contribution in [3.05, 3.63) is 16.1 Å². The zero-order valence-corrected chi connectivity index (χ0v) is 13.9. The van der Waals surface area contributed by atoms with Crippen molar-refractivity contribution in [1.82, 2.24) is 15.2 Å². The highest BCUT2D eigenvalue weighted by atomic mass is 32.1. The molecule has 1 N–H and O–H groups in total. The summed E-state index contributed by atoms with van der Waals surface area (Å²) in [5.74, 6) is 0.476. The van der Waals surface area contributed by atoms with E-state index < -0.39 is 0 Å². The zero-order valence-electron chi connectivity index (χ0n) is 13.1. The van der Waals surface area contributed by atoms with Crippen molar-refractivity contribution in [2.75, 3.05) is 32.8 Å². The topological polar surface area (TPSA) is 54.5 Å². The fourth-order valence-electron chi connectivity index (χ4n) is 2.30. The Morgan fingerprint density at radius 1 is 1.43 bits per heavy atom. The molecule has 1 atom stereocenters. The molecule has 0 unspecified atom stereocenters. The van der Waals surface area contributed by atoms with E-state index in [1.807, 2.05) is 5.38 Å². The molecule has 0 aromatic carbocycles. The normalized spacial score (nSPS) is 17.9. The van der Waals surface area contributed by atoms with Gasteiger partial charge in [-0.1, -0.05) is 13.8 Å². The molecule has 1 fully saturated rings. The van der Waals surface area contributed by atoms with Gasteiger partial charge >= 0.3 is 0 Å². The Hall–Kier alpha value is -0.980. The van der Waals surface area contributed by atoms with E-state index in [0.29, 0.717) is 24.9 Å². The molecular weight excluding hydrogens is 286 g/mol. The van der Waals surface area contributed by atoms with E-state index in [9.17, 15) is 4.79 Å². The SMILES string of the molecule is CC(C)c1nc(CC(=O)NC[C@@H](C)N2CCOCC2)cs1. The first-order chi connectivity index (χ1) is 10.1. The highest BCUT2D eigenvalue weighted by Gasteiger charge is 2.17. The molecule has 6 heteroatoms. The van der Waals surface area contributed by atoms with Crippen LogP contribution in [0.25, 0.3) is 0 Å². The van der Waals surface area contributed by atoms with Gasteiger partial charge in [0.05, 0.1) is 30.3 Å². The van der Waals surface area contributed by atoms with E-state index in [1.165, 1.54) is 0 Å². The van der Waals surface area contributed by atoms with Crippen LogP contribution in [-0.2, 0) is 16.0 Å². The molecule has 1 aromatic rings. The summed E-state index contributed by atoms with van der Waals surface area (Å²) in [7, 11) is 0. The van der Waals surface area contributed by atoms with E-state index in [-0.39, 0.29) is 5.91 Å². The molecule has 1 aliphatic heterocycles. The second kappa shape index (κ2) is 7.87. The molecule has 0 spiro atoms. The average Bonchev–Trinajstić information content (AvgIpc) is 2.94. The molecule has 21 heavy (non-hydrogen) atoms. The van der Waals surface area contributed by atoms with Gasteiger partial charge in [-0.25, -0.2) is 4.98 Å². The summed E-state index contributed by atoms with van der Waals surface area (Å²) in [5.41, 5.74) is 0.875. The largest absolute Gasteiger partial charge is 0.379 e. The van der Waals surface area contributed by atoms with Gasteiger partial charge in [-0.3, -0.25) is 9.69 Å². The summed E-state index contributed by atoms with van der Waals surface area (Å²) in [5, 5.41) is 6.09. The maximum atomic E-state index is 12.0. The van der Waals surface area contributed by atoms with E-state index in [1.54, 1.807) is 11.3 Å². The van der Waals surface area contributed by atoms with Gasteiger partial charge in [-0.05, 0) is 6.92 Å². The fraction of sp³-hybridized carbons (Fsp3) is 0.733. The van der Waals surface area contributed by atoms with Gasteiger partial charge in [0.2, 0.25) is 5.91 Å². The van der Waals surface area contributed by atoms with Crippen molar-refractivity contribution in [3.63, 3.8) is 0 Å². The number of carbonyl (C=O) groups is 1. The van der Waals surface area contributed by atoms with Crippen LogP contribution in [0.15, 0.2) is 5.38 Å². The number of carbonyl (C=O) groups excluding carboxylic acids is 1. The predicted octanol–water partition coefficient (Wildman–Crippen LogP) is 1.65. The molecule has 1 saturated heterocycles. The lowest BCUT2D eigenvalue weighted by molar-refractivity contribution is -0.120. The Labute approximate surface area is 130 Å². The predicted molar refractivity (Wildman–Crippen MR) is 84.8 cm³/mol. The van der Waals surface area contributed by atoms with E-state index in [4.69, 9.17) is 4.74 Å². The monoisotopic (exact) mass is 311 g/mol. The van der Waals surface area contributed by atoms with E-state index >= 15 is 0 Å². The van der Waals surface area contributed by atoms with Crippen molar-refractivity contribution in [2.24, 2.45) is 0 Å². The van der Waals surface area contributed by atoms with Crippen LogP contribution in [0.5, 0.6) is 0 Å². The average molecular weight is 311 g/mol. The van der Waals surface area contributed by atoms with E-state index in [2.05, 4.69) is 36.0 Å². The van der Waals surface area contributed by atoms with Crippen LogP contribution in [0, 0.1) is 0 Å². The maximum absolute atomic E-state index is 12.0. The second-order valence-electron chi connectivity index (χ2n) is 5.81. The molecule has 0 bridgehead atoms. The van der Waals surface area contributed by atoms with Crippen molar-refractivity contribution < 1.29 is 9.53 Å². The maximum Gasteiger partial charge on any atom is 0.226 e. The first kappa shape index (κ1) is 16.4. The smallest absolute Gasteiger partial charge is 0.226 e. The molecule has 118 valence electrons. The van der Waals surface area contributed by atoms with Crippen molar-refractivity contribution in [1.29, 1.82) is 0 Å². The Morgan fingerprint density at radius 2 is 2.14 bits per heavy atom. The second-order valence-corrected chi connectivity index (χ2v) is 6.70. The lowest BCUT2D eigenvalue weighted by Gasteiger charge is -2.32. The fourth-order valence-corrected chi connectivity index (χ4v) is 3.14. The number of hydrogen-bond donors (Lipinski definition) is 1. The van der Waals surface area contributed by atoms with Gasteiger partial charge in [0.15, 0.2) is 0 Å². The Morgan fingerprint density at radius 3 is 2.76 bits per heavy atom. The van der Waals surface area contributed by atoms with Gasteiger partial charge in [-0.2, -0.15) is 0 Å². The molecule has 1 aliphatic rings. The minimum atomic E-state index is 0.0516. The first-order valence-electron chi connectivity index (χ1n) is 7.59. The lowest BCUT2D eigenvalue weighted by Crippen LogP contribution is -2.47. The zero-order chi connectivity index (χ0) is 15.2. The van der Waals surface area contributed by atoms with Gasteiger partial charge < -0.3 is 10.1 Å². The Kier molecular flexibility index (Phi) is 6.14. The summed E-state index contributed by atoms with van der Waals surface area (Å²) >= 11 is 1.63. The third kappa shape index (κ3) is 5.05. The van der Waals surface area contributed by atoms with Gasteiger partial charge in [0.1, 0.15) is 0 Å². The summed E-state index contributed by atoms with van der Waals surface area (Å²) in [6.07, 6.45) is 0.374. The molecule has 1 amide bonds. The standard InChI is InChI=1S/C15H25N3O2S/c1-11(2)15-17-13(10-21-15)8-14(19)16-9-12(3)18-4-6-20-7-5-18/h10-12H,4-9H2,1-3H3,(H,16,19)/t12-/m1/s1. The van der Waals surface area contributed by atoms with Crippen molar-refractivity contribution >= 4 is 17.2 Å². The summed E-state index contributed by atoms with van der Waals surface area (Å²) in [4.78, 5) is 18.8. The molecular formula is C15H25N3O2S. The number of ether oxygens (including phenoxy) is 1. The number of morpholine rings is 1. The third-order valence-corrected chi connectivity index (χ3v) is 4.86. The highest BCUT2D eigenvalue weighted by Crippen LogP contribution is 2.19. The minimum Gasteiger partial charge on any atom is -0.379 e. The van der Waals surface area contributed by atoms with Gasteiger partial charge in [0, 0.05) is 37.0 Å².